The highest BCUT2D eigenvalue weighted by Gasteiger charge is 2.19. The van der Waals surface area contributed by atoms with Crippen molar-refractivity contribution in [2.45, 2.75) is 13.5 Å². The number of benzene rings is 1. The number of anilines is 1. The lowest BCUT2D eigenvalue weighted by Crippen LogP contribution is -2.17. The van der Waals surface area contributed by atoms with Crippen LogP contribution in [-0.2, 0) is 13.6 Å². The van der Waals surface area contributed by atoms with Crippen molar-refractivity contribution < 1.29 is 4.79 Å². The van der Waals surface area contributed by atoms with Gasteiger partial charge in [-0.3, -0.25) is 14.2 Å². The van der Waals surface area contributed by atoms with E-state index in [-0.39, 0.29) is 5.91 Å². The summed E-state index contributed by atoms with van der Waals surface area (Å²) >= 11 is 12.0. The maximum atomic E-state index is 12.4. The fraction of sp³-hybridized carbons (Fsp3) is 0.188. The molecular weight excluding hydrogens is 349 g/mol. The number of carbonyl (C=O) groups is 1. The number of carbonyl (C=O) groups excluding carboxylic acids is 1. The standard InChI is InChI=1S/C16H15Cl2N5O/c1-10-14(18)15(22(2)20-10)16(24)19-13-7-8-23(21-13)9-11-3-5-12(17)6-4-11/h3-8H,9H2,1-2H3,(H,19,21,24). The third-order valence-electron chi connectivity index (χ3n) is 3.50. The second-order valence-corrected chi connectivity index (χ2v) is 6.17. The van der Waals surface area contributed by atoms with Crippen LogP contribution in [0.1, 0.15) is 21.7 Å². The summed E-state index contributed by atoms with van der Waals surface area (Å²) in [5.41, 5.74) is 1.98. The van der Waals surface area contributed by atoms with Gasteiger partial charge in [-0.15, -0.1) is 0 Å². The van der Waals surface area contributed by atoms with E-state index in [1.54, 1.807) is 30.9 Å². The van der Waals surface area contributed by atoms with Gasteiger partial charge in [0, 0.05) is 24.3 Å². The minimum Gasteiger partial charge on any atom is -0.304 e. The first kappa shape index (κ1) is 16.5. The smallest absolute Gasteiger partial charge is 0.276 e. The maximum Gasteiger partial charge on any atom is 0.276 e. The lowest BCUT2D eigenvalue weighted by atomic mass is 10.2. The second kappa shape index (κ2) is 6.67. The van der Waals surface area contributed by atoms with Crippen molar-refractivity contribution in [1.29, 1.82) is 0 Å². The van der Waals surface area contributed by atoms with Gasteiger partial charge in [0.15, 0.2) is 5.82 Å². The predicted molar refractivity (Wildman–Crippen MR) is 93.7 cm³/mol. The average Bonchev–Trinajstić information content (AvgIpc) is 3.06. The Hall–Kier alpha value is -2.31. The first-order valence-electron chi connectivity index (χ1n) is 7.22. The molecule has 0 aliphatic carbocycles. The van der Waals surface area contributed by atoms with Gasteiger partial charge >= 0.3 is 0 Å². The van der Waals surface area contributed by atoms with Crippen molar-refractivity contribution in [2.24, 2.45) is 7.05 Å². The number of aryl methyl sites for hydroxylation is 2. The molecule has 0 aliphatic rings. The van der Waals surface area contributed by atoms with Crippen LogP contribution in [0.3, 0.4) is 0 Å². The van der Waals surface area contributed by atoms with Gasteiger partial charge in [0.05, 0.1) is 17.3 Å². The fourth-order valence-corrected chi connectivity index (χ4v) is 2.72. The van der Waals surface area contributed by atoms with Crippen LogP contribution in [0, 0.1) is 6.92 Å². The SMILES string of the molecule is Cc1nn(C)c(C(=O)Nc2ccn(Cc3ccc(Cl)cc3)n2)c1Cl. The van der Waals surface area contributed by atoms with E-state index in [2.05, 4.69) is 15.5 Å². The summed E-state index contributed by atoms with van der Waals surface area (Å²) in [5.74, 6) is 0.101. The van der Waals surface area contributed by atoms with Crippen molar-refractivity contribution in [3.63, 3.8) is 0 Å². The molecule has 1 amide bonds. The molecule has 124 valence electrons. The summed E-state index contributed by atoms with van der Waals surface area (Å²) in [6.07, 6.45) is 1.79. The van der Waals surface area contributed by atoms with Gasteiger partial charge in [-0.1, -0.05) is 35.3 Å². The summed E-state index contributed by atoms with van der Waals surface area (Å²) in [4.78, 5) is 12.4. The normalized spacial score (nSPS) is 10.8. The van der Waals surface area contributed by atoms with Gasteiger partial charge in [0.25, 0.3) is 5.91 Å². The molecule has 8 heteroatoms. The largest absolute Gasteiger partial charge is 0.304 e. The number of halogens is 2. The van der Waals surface area contributed by atoms with Gasteiger partial charge in [-0.05, 0) is 24.6 Å². The zero-order valence-electron chi connectivity index (χ0n) is 13.1. The van der Waals surface area contributed by atoms with Crippen LogP contribution in [0.2, 0.25) is 10.0 Å². The van der Waals surface area contributed by atoms with Crippen LogP contribution < -0.4 is 5.32 Å². The van der Waals surface area contributed by atoms with Crippen LogP contribution in [-0.4, -0.2) is 25.5 Å². The minimum absolute atomic E-state index is 0.307. The van der Waals surface area contributed by atoms with E-state index in [9.17, 15) is 4.79 Å². The van der Waals surface area contributed by atoms with Gasteiger partial charge < -0.3 is 5.32 Å². The molecule has 2 heterocycles. The maximum absolute atomic E-state index is 12.4. The van der Waals surface area contributed by atoms with Crippen molar-refractivity contribution >= 4 is 34.9 Å². The Morgan fingerprint density at radius 1 is 1.17 bits per heavy atom. The van der Waals surface area contributed by atoms with Gasteiger partial charge in [0.2, 0.25) is 0 Å². The van der Waals surface area contributed by atoms with E-state index in [4.69, 9.17) is 23.2 Å². The minimum atomic E-state index is -0.347. The summed E-state index contributed by atoms with van der Waals surface area (Å²) in [7, 11) is 1.67. The molecule has 1 N–H and O–H groups in total. The number of nitrogens with zero attached hydrogens (tertiary/aromatic N) is 4. The van der Waals surface area contributed by atoms with E-state index in [0.29, 0.717) is 33.8 Å². The molecule has 0 atom stereocenters. The Morgan fingerprint density at radius 2 is 1.88 bits per heavy atom. The number of nitrogens with one attached hydrogen (secondary N) is 1. The molecule has 0 spiro atoms. The zero-order valence-corrected chi connectivity index (χ0v) is 14.6. The van der Waals surface area contributed by atoms with Gasteiger partial charge in [-0.2, -0.15) is 10.2 Å². The lowest BCUT2D eigenvalue weighted by molar-refractivity contribution is 0.101. The van der Waals surface area contributed by atoms with Crippen molar-refractivity contribution in [2.75, 3.05) is 5.32 Å². The average molecular weight is 364 g/mol. The third-order valence-corrected chi connectivity index (χ3v) is 4.21. The van der Waals surface area contributed by atoms with Crippen LogP contribution in [0.15, 0.2) is 36.5 Å². The number of hydrogen-bond acceptors (Lipinski definition) is 3. The number of amides is 1. The molecule has 1 aromatic carbocycles. The first-order valence-corrected chi connectivity index (χ1v) is 7.98. The molecule has 0 saturated heterocycles. The zero-order chi connectivity index (χ0) is 17.3. The monoisotopic (exact) mass is 363 g/mol. The van der Waals surface area contributed by atoms with E-state index in [1.165, 1.54) is 4.68 Å². The van der Waals surface area contributed by atoms with E-state index in [1.807, 2.05) is 24.3 Å². The highest BCUT2D eigenvalue weighted by molar-refractivity contribution is 6.34. The number of aromatic nitrogens is 4. The Labute approximate surface area is 149 Å². The van der Waals surface area contributed by atoms with E-state index in [0.717, 1.165) is 5.56 Å². The topological polar surface area (TPSA) is 64.7 Å². The van der Waals surface area contributed by atoms with Gasteiger partial charge in [-0.25, -0.2) is 0 Å². The third kappa shape index (κ3) is 3.44. The highest BCUT2D eigenvalue weighted by atomic mass is 35.5. The molecule has 24 heavy (non-hydrogen) atoms. The molecule has 0 fully saturated rings. The van der Waals surface area contributed by atoms with Crippen LogP contribution in [0.4, 0.5) is 5.82 Å². The summed E-state index contributed by atoms with van der Waals surface area (Å²) in [6, 6.07) is 9.25. The van der Waals surface area contributed by atoms with E-state index >= 15 is 0 Å². The summed E-state index contributed by atoms with van der Waals surface area (Å²) < 4.78 is 3.19. The summed E-state index contributed by atoms with van der Waals surface area (Å²) in [5, 5.41) is 12.2. The number of hydrogen-bond donors (Lipinski definition) is 1. The molecule has 0 unspecified atom stereocenters. The second-order valence-electron chi connectivity index (χ2n) is 5.35. The Balaban J connectivity index is 1.71. The molecule has 0 radical (unpaired) electrons. The molecule has 0 aliphatic heterocycles. The van der Waals surface area contributed by atoms with Crippen molar-refractivity contribution in [3.8, 4) is 0 Å². The van der Waals surface area contributed by atoms with E-state index < -0.39 is 0 Å². The first-order chi connectivity index (χ1) is 11.4. The molecule has 6 nitrogen and oxygen atoms in total. The van der Waals surface area contributed by atoms with Crippen LogP contribution in [0.5, 0.6) is 0 Å². The highest BCUT2D eigenvalue weighted by Crippen LogP contribution is 2.20. The Morgan fingerprint density at radius 3 is 2.50 bits per heavy atom. The van der Waals surface area contributed by atoms with Crippen LogP contribution in [0.25, 0.3) is 0 Å². The molecular formula is C16H15Cl2N5O. The Bertz CT molecular complexity index is 883. The molecule has 0 saturated carbocycles. The molecule has 2 aromatic heterocycles. The van der Waals surface area contributed by atoms with Crippen molar-refractivity contribution in [1.82, 2.24) is 19.6 Å². The van der Waals surface area contributed by atoms with Crippen molar-refractivity contribution in [3.05, 3.63) is 63.5 Å². The lowest BCUT2D eigenvalue weighted by Gasteiger charge is -2.04. The molecule has 3 aromatic rings. The summed E-state index contributed by atoms with van der Waals surface area (Å²) in [6.45, 7) is 2.33. The molecule has 3 rings (SSSR count). The van der Waals surface area contributed by atoms with Crippen LogP contribution >= 0.6 is 23.2 Å². The number of rotatable bonds is 4. The Kier molecular flexibility index (Phi) is 4.59. The van der Waals surface area contributed by atoms with Gasteiger partial charge in [0.1, 0.15) is 5.69 Å². The predicted octanol–water partition coefficient (Wildman–Crippen LogP) is 3.53. The fourth-order valence-electron chi connectivity index (χ4n) is 2.35. The molecule has 0 bridgehead atoms. The quantitative estimate of drug-likeness (QED) is 0.770.